The normalized spacial score (nSPS) is 9.78. The molecule has 0 unspecified atom stereocenters. The Labute approximate surface area is 105 Å². The molecule has 0 aliphatic rings. The highest BCUT2D eigenvalue weighted by molar-refractivity contribution is 5.93. The van der Waals surface area contributed by atoms with Crippen LogP contribution >= 0.6 is 0 Å². The number of carbonyl (C=O) groups excluding carboxylic acids is 1. The topological polar surface area (TPSA) is 86.3 Å². The molecule has 0 radical (unpaired) electrons. The van der Waals surface area contributed by atoms with Crippen LogP contribution in [0.15, 0.2) is 18.3 Å². The van der Waals surface area contributed by atoms with E-state index in [9.17, 15) is 9.59 Å². The van der Waals surface area contributed by atoms with Crippen molar-refractivity contribution >= 4 is 11.9 Å². The van der Waals surface area contributed by atoms with E-state index in [1.54, 1.807) is 18.3 Å². The Kier molecular flexibility index (Phi) is 4.93. The van der Waals surface area contributed by atoms with Gasteiger partial charge >= 0.3 is 5.97 Å². The summed E-state index contributed by atoms with van der Waals surface area (Å²) in [5.41, 5.74) is 0.331. The van der Waals surface area contributed by atoms with Gasteiger partial charge < -0.3 is 14.6 Å². The molecule has 6 nitrogen and oxygen atoms in total. The Morgan fingerprint density at radius 1 is 1.56 bits per heavy atom. The zero-order chi connectivity index (χ0) is 13.5. The molecule has 0 fully saturated rings. The van der Waals surface area contributed by atoms with Gasteiger partial charge in [-0.2, -0.15) is 5.26 Å². The SMILES string of the molecule is CCN(CCC#N)C(=O)c1cccn1CC(=O)O. The number of hydrogen-bond donors (Lipinski definition) is 1. The summed E-state index contributed by atoms with van der Waals surface area (Å²) in [6.07, 6.45) is 1.82. The molecule has 1 aromatic rings. The van der Waals surface area contributed by atoms with Crippen molar-refractivity contribution in [1.29, 1.82) is 5.26 Å². The lowest BCUT2D eigenvalue weighted by atomic mass is 10.3. The fourth-order valence-corrected chi connectivity index (χ4v) is 1.64. The third-order valence-corrected chi connectivity index (χ3v) is 2.52. The van der Waals surface area contributed by atoms with Crippen LogP contribution in [0, 0.1) is 11.3 Å². The van der Waals surface area contributed by atoms with Crippen LogP contribution in [-0.2, 0) is 11.3 Å². The number of aliphatic carboxylic acids is 1. The standard InChI is InChI=1S/C12H15N3O3/c1-2-14(8-4-6-13)12(18)10-5-3-7-15(10)9-11(16)17/h3,5,7H,2,4,8-9H2,1H3,(H,16,17). The summed E-state index contributed by atoms with van der Waals surface area (Å²) >= 11 is 0. The molecule has 0 spiro atoms. The second-order valence-corrected chi connectivity index (χ2v) is 3.71. The summed E-state index contributed by atoms with van der Waals surface area (Å²) in [5.74, 6) is -1.25. The second-order valence-electron chi connectivity index (χ2n) is 3.71. The first-order chi connectivity index (χ1) is 8.60. The van der Waals surface area contributed by atoms with Crippen molar-refractivity contribution in [3.8, 4) is 6.07 Å². The largest absolute Gasteiger partial charge is 0.480 e. The maximum absolute atomic E-state index is 12.1. The highest BCUT2D eigenvalue weighted by Crippen LogP contribution is 2.07. The molecule has 0 saturated carbocycles. The van der Waals surface area contributed by atoms with E-state index in [0.717, 1.165) is 0 Å². The second kappa shape index (κ2) is 6.45. The van der Waals surface area contributed by atoms with Crippen molar-refractivity contribution in [2.24, 2.45) is 0 Å². The number of rotatable bonds is 6. The predicted octanol–water partition coefficient (Wildman–Crippen LogP) is 0.948. The van der Waals surface area contributed by atoms with Crippen LogP contribution in [0.4, 0.5) is 0 Å². The summed E-state index contributed by atoms with van der Waals surface area (Å²) in [7, 11) is 0. The zero-order valence-corrected chi connectivity index (χ0v) is 10.2. The van der Waals surface area contributed by atoms with E-state index in [-0.39, 0.29) is 18.9 Å². The van der Waals surface area contributed by atoms with Crippen molar-refractivity contribution < 1.29 is 14.7 Å². The van der Waals surface area contributed by atoms with Gasteiger partial charge in [0.25, 0.3) is 5.91 Å². The van der Waals surface area contributed by atoms with Gasteiger partial charge in [-0.3, -0.25) is 9.59 Å². The molecule has 1 aromatic heterocycles. The first kappa shape index (κ1) is 13.8. The summed E-state index contributed by atoms with van der Waals surface area (Å²) in [4.78, 5) is 24.3. The van der Waals surface area contributed by atoms with Crippen LogP contribution < -0.4 is 0 Å². The fraction of sp³-hybridized carbons (Fsp3) is 0.417. The van der Waals surface area contributed by atoms with Crippen LogP contribution in [0.25, 0.3) is 0 Å². The molecule has 0 saturated heterocycles. The molecular weight excluding hydrogens is 234 g/mol. The van der Waals surface area contributed by atoms with Gasteiger partial charge in [-0.1, -0.05) is 0 Å². The number of aromatic nitrogens is 1. The number of hydrogen-bond acceptors (Lipinski definition) is 3. The van der Waals surface area contributed by atoms with E-state index in [2.05, 4.69) is 0 Å². The lowest BCUT2D eigenvalue weighted by Gasteiger charge is -2.20. The third kappa shape index (κ3) is 3.35. The maximum Gasteiger partial charge on any atom is 0.323 e. The zero-order valence-electron chi connectivity index (χ0n) is 10.2. The monoisotopic (exact) mass is 249 g/mol. The highest BCUT2D eigenvalue weighted by Gasteiger charge is 2.18. The van der Waals surface area contributed by atoms with E-state index >= 15 is 0 Å². The molecule has 1 rings (SSSR count). The first-order valence-corrected chi connectivity index (χ1v) is 5.63. The molecule has 6 heteroatoms. The van der Waals surface area contributed by atoms with Crippen LogP contribution in [-0.4, -0.2) is 39.5 Å². The predicted molar refractivity (Wildman–Crippen MR) is 63.9 cm³/mol. The number of nitriles is 1. The summed E-state index contributed by atoms with van der Waals surface area (Å²) < 4.78 is 1.39. The van der Waals surface area contributed by atoms with E-state index in [1.165, 1.54) is 9.47 Å². The van der Waals surface area contributed by atoms with Crippen molar-refractivity contribution in [2.45, 2.75) is 19.9 Å². The maximum atomic E-state index is 12.1. The van der Waals surface area contributed by atoms with Crippen LogP contribution in [0.1, 0.15) is 23.8 Å². The molecule has 0 atom stereocenters. The van der Waals surface area contributed by atoms with Crippen molar-refractivity contribution in [3.05, 3.63) is 24.0 Å². The number of carboxylic acid groups (broad SMARTS) is 1. The van der Waals surface area contributed by atoms with Gasteiger partial charge in [0.05, 0.1) is 12.5 Å². The number of carbonyl (C=O) groups is 2. The average molecular weight is 249 g/mol. The number of carboxylic acids is 1. The summed E-state index contributed by atoms with van der Waals surface area (Å²) in [6, 6.07) is 5.20. The molecule has 18 heavy (non-hydrogen) atoms. The molecule has 1 N–H and O–H groups in total. The van der Waals surface area contributed by atoms with Gasteiger partial charge in [0, 0.05) is 19.3 Å². The minimum absolute atomic E-state index is 0.246. The van der Waals surface area contributed by atoms with Gasteiger partial charge in [-0.15, -0.1) is 0 Å². The minimum Gasteiger partial charge on any atom is -0.480 e. The van der Waals surface area contributed by atoms with E-state index in [1.807, 2.05) is 13.0 Å². The molecule has 1 amide bonds. The lowest BCUT2D eigenvalue weighted by Crippen LogP contribution is -2.33. The molecule has 1 heterocycles. The van der Waals surface area contributed by atoms with Crippen LogP contribution in [0.2, 0.25) is 0 Å². The van der Waals surface area contributed by atoms with Gasteiger partial charge in [0.1, 0.15) is 12.2 Å². The van der Waals surface area contributed by atoms with E-state index < -0.39 is 5.97 Å². The van der Waals surface area contributed by atoms with Gasteiger partial charge in [0.2, 0.25) is 0 Å². The van der Waals surface area contributed by atoms with Crippen LogP contribution in [0.3, 0.4) is 0 Å². The van der Waals surface area contributed by atoms with Gasteiger partial charge in [0.15, 0.2) is 0 Å². The Morgan fingerprint density at radius 3 is 2.83 bits per heavy atom. The Hall–Kier alpha value is -2.29. The average Bonchev–Trinajstić information content (AvgIpc) is 2.77. The first-order valence-electron chi connectivity index (χ1n) is 5.63. The smallest absolute Gasteiger partial charge is 0.323 e. The Morgan fingerprint density at radius 2 is 2.28 bits per heavy atom. The minimum atomic E-state index is -1.000. The third-order valence-electron chi connectivity index (χ3n) is 2.52. The molecule has 0 aliphatic heterocycles. The Bertz CT molecular complexity index is 473. The molecule has 96 valence electrons. The van der Waals surface area contributed by atoms with Crippen molar-refractivity contribution in [2.75, 3.05) is 13.1 Å². The van der Waals surface area contributed by atoms with E-state index in [0.29, 0.717) is 18.8 Å². The molecule has 0 aromatic carbocycles. The molecule has 0 bridgehead atoms. The van der Waals surface area contributed by atoms with Crippen molar-refractivity contribution in [3.63, 3.8) is 0 Å². The fourth-order valence-electron chi connectivity index (χ4n) is 1.64. The lowest BCUT2D eigenvalue weighted by molar-refractivity contribution is -0.137. The van der Waals surface area contributed by atoms with E-state index in [4.69, 9.17) is 10.4 Å². The van der Waals surface area contributed by atoms with Gasteiger partial charge in [-0.05, 0) is 19.1 Å². The highest BCUT2D eigenvalue weighted by atomic mass is 16.4. The number of nitrogens with zero attached hydrogens (tertiary/aromatic N) is 3. The van der Waals surface area contributed by atoms with Crippen LogP contribution in [0.5, 0.6) is 0 Å². The summed E-state index contributed by atoms with van der Waals surface area (Å²) in [5, 5.41) is 17.3. The van der Waals surface area contributed by atoms with Gasteiger partial charge in [-0.25, -0.2) is 0 Å². The summed E-state index contributed by atoms with van der Waals surface area (Å²) in [6.45, 7) is 2.41. The molecule has 0 aliphatic carbocycles. The molecular formula is C12H15N3O3. The number of amides is 1. The Balaban J connectivity index is 2.85. The van der Waals surface area contributed by atoms with Crippen molar-refractivity contribution in [1.82, 2.24) is 9.47 Å². The quantitative estimate of drug-likeness (QED) is 0.813.